The van der Waals surface area contributed by atoms with Crippen LogP contribution in [0.15, 0.2) is 29.4 Å². The molecule has 0 aliphatic rings. The van der Waals surface area contributed by atoms with Crippen LogP contribution in [0.1, 0.15) is 5.56 Å². The van der Waals surface area contributed by atoms with Gasteiger partial charge >= 0.3 is 5.51 Å². The van der Waals surface area contributed by atoms with Gasteiger partial charge in [0.15, 0.2) is 4.90 Å². The van der Waals surface area contributed by atoms with Crippen molar-refractivity contribution in [2.75, 3.05) is 0 Å². The van der Waals surface area contributed by atoms with Gasteiger partial charge in [-0.2, -0.15) is 5.26 Å². The number of aromatic nitrogens is 1. The van der Waals surface area contributed by atoms with Crippen molar-refractivity contribution in [3.63, 3.8) is 0 Å². The molecule has 10 heteroatoms. The summed E-state index contributed by atoms with van der Waals surface area (Å²) >= 11 is 8.25. The second kappa shape index (κ2) is 6.01. The maximum atomic E-state index is 13.1. The van der Waals surface area contributed by atoms with Crippen molar-refractivity contribution >= 4 is 34.4 Å². The van der Waals surface area contributed by atoms with Crippen LogP contribution in [-0.4, -0.2) is 14.6 Å². The molecular weight excluding hydrogens is 367 g/mol. The summed E-state index contributed by atoms with van der Waals surface area (Å²) in [6, 6.07) is 3.34. The third kappa shape index (κ3) is 3.17. The molecule has 0 bridgehead atoms. The highest BCUT2D eigenvalue weighted by molar-refractivity contribution is 7.92. The van der Waals surface area contributed by atoms with Crippen molar-refractivity contribution in [2.45, 2.75) is 10.4 Å². The van der Waals surface area contributed by atoms with Gasteiger partial charge in [-0.3, -0.25) is 0 Å². The molecule has 0 fully saturated rings. The summed E-state index contributed by atoms with van der Waals surface area (Å²) < 4.78 is 63.2. The molecule has 1 atom stereocenters. The quantitative estimate of drug-likeness (QED) is 0.580. The molecule has 1 unspecified atom stereocenters. The van der Waals surface area contributed by atoms with Crippen LogP contribution in [0.25, 0.3) is 5.69 Å². The fourth-order valence-corrected chi connectivity index (χ4v) is 3.11. The Balaban J connectivity index is 2.61. The lowest BCUT2D eigenvalue weighted by atomic mass is 10.3. The molecule has 116 valence electrons. The van der Waals surface area contributed by atoms with E-state index < -0.39 is 33.0 Å². The predicted molar refractivity (Wildman–Crippen MR) is 72.9 cm³/mol. The van der Waals surface area contributed by atoms with E-state index in [1.807, 2.05) is 0 Å². The smallest absolute Gasteiger partial charge is 0.578 e. The highest BCUT2D eigenvalue weighted by atomic mass is 35.5. The van der Waals surface area contributed by atoms with E-state index in [4.69, 9.17) is 28.5 Å². The van der Waals surface area contributed by atoms with Crippen LogP contribution >= 0.6 is 23.2 Å². The summed E-state index contributed by atoms with van der Waals surface area (Å²) in [5.74, 6) is -0.731. The van der Waals surface area contributed by atoms with Gasteiger partial charge in [-0.15, -0.1) is 13.2 Å². The Bertz CT molecular complexity index is 746. The molecule has 1 aromatic heterocycles. The summed E-state index contributed by atoms with van der Waals surface area (Å²) in [5.41, 5.74) is -5.49. The van der Waals surface area contributed by atoms with E-state index in [-0.39, 0.29) is 15.7 Å². The number of alkyl halides is 3. The minimum Gasteiger partial charge on any atom is -0.604 e. The summed E-state index contributed by atoms with van der Waals surface area (Å²) in [6.45, 7) is 0. The first-order valence-electron chi connectivity index (χ1n) is 5.40. The monoisotopic (exact) mass is 370 g/mol. The molecule has 2 rings (SSSR count). The molecule has 1 heterocycles. The summed E-state index contributed by atoms with van der Waals surface area (Å²) in [6.07, 6.45) is 1.82. The number of hydrogen-bond acceptors (Lipinski definition) is 2. The van der Waals surface area contributed by atoms with E-state index in [0.29, 0.717) is 0 Å². The van der Waals surface area contributed by atoms with E-state index in [9.17, 15) is 22.1 Å². The van der Waals surface area contributed by atoms with Gasteiger partial charge in [0.25, 0.3) is 0 Å². The van der Waals surface area contributed by atoms with Gasteiger partial charge in [0.2, 0.25) is 0 Å². The zero-order valence-corrected chi connectivity index (χ0v) is 12.6. The minimum atomic E-state index is -5.02. The number of rotatable bonds is 2. The topological polar surface area (TPSA) is 51.8 Å². The summed E-state index contributed by atoms with van der Waals surface area (Å²) in [5, 5.41) is 8.54. The number of nitrogens with zero attached hydrogens (tertiary/aromatic N) is 2. The van der Waals surface area contributed by atoms with E-state index in [2.05, 4.69) is 0 Å². The van der Waals surface area contributed by atoms with Crippen LogP contribution in [0.3, 0.4) is 0 Å². The second-order valence-corrected chi connectivity index (χ2v) is 6.24. The highest BCUT2D eigenvalue weighted by Crippen LogP contribution is 2.35. The Labute approximate surface area is 134 Å². The third-order valence-corrected chi connectivity index (χ3v) is 4.28. The maximum Gasteiger partial charge on any atom is 0.578 e. The van der Waals surface area contributed by atoms with E-state index in [1.54, 1.807) is 0 Å². The maximum absolute atomic E-state index is 13.1. The lowest BCUT2D eigenvalue weighted by molar-refractivity contribution is -0.0435. The minimum absolute atomic E-state index is 0.0216. The Morgan fingerprint density at radius 2 is 1.73 bits per heavy atom. The average molecular weight is 371 g/mol. The lowest BCUT2D eigenvalue weighted by Gasteiger charge is -2.11. The summed E-state index contributed by atoms with van der Waals surface area (Å²) in [4.78, 5) is -0.730. The van der Waals surface area contributed by atoms with Crippen molar-refractivity contribution in [3.8, 4) is 11.8 Å². The fraction of sp³-hybridized carbons (Fsp3) is 0.0833. The number of nitriles is 1. The number of benzene rings is 1. The van der Waals surface area contributed by atoms with Crippen molar-refractivity contribution < 1.29 is 22.1 Å². The van der Waals surface area contributed by atoms with Gasteiger partial charge in [-0.1, -0.05) is 23.2 Å². The largest absolute Gasteiger partial charge is 0.604 e. The van der Waals surface area contributed by atoms with Crippen LogP contribution in [-0.2, 0) is 11.2 Å². The van der Waals surface area contributed by atoms with Crippen molar-refractivity contribution in [1.29, 1.82) is 5.26 Å². The van der Waals surface area contributed by atoms with Gasteiger partial charge in [0.1, 0.15) is 28.6 Å². The molecule has 0 N–H and O–H groups in total. The van der Waals surface area contributed by atoms with Crippen LogP contribution in [0.4, 0.5) is 17.6 Å². The van der Waals surface area contributed by atoms with E-state index in [1.165, 1.54) is 6.07 Å². The zero-order valence-electron chi connectivity index (χ0n) is 10.3. The van der Waals surface area contributed by atoms with Crippen molar-refractivity contribution in [1.82, 2.24) is 4.57 Å². The molecule has 1 aromatic carbocycles. The molecule has 3 nitrogen and oxygen atoms in total. The Kier molecular flexibility index (Phi) is 4.63. The second-order valence-electron chi connectivity index (χ2n) is 3.99. The SMILES string of the molecule is N#Cc1cn(-c2c(Cl)cc(F)cc2Cl)cc1[S+]([O-])C(F)(F)F. The van der Waals surface area contributed by atoms with Gasteiger partial charge in [0.05, 0.1) is 21.9 Å². The van der Waals surface area contributed by atoms with Crippen molar-refractivity contribution in [2.24, 2.45) is 0 Å². The van der Waals surface area contributed by atoms with Gasteiger partial charge in [0, 0.05) is 6.20 Å². The Hall–Kier alpha value is -1.40. The van der Waals surface area contributed by atoms with Gasteiger partial charge < -0.3 is 9.12 Å². The molecule has 2 aromatic rings. The van der Waals surface area contributed by atoms with Gasteiger partial charge in [-0.25, -0.2) is 4.39 Å². The molecule has 22 heavy (non-hydrogen) atoms. The molecule has 0 spiro atoms. The number of hydrogen-bond donors (Lipinski definition) is 0. The highest BCUT2D eigenvalue weighted by Gasteiger charge is 2.48. The first-order valence-corrected chi connectivity index (χ1v) is 7.31. The molecule has 0 aliphatic carbocycles. The van der Waals surface area contributed by atoms with Crippen LogP contribution < -0.4 is 0 Å². The summed E-state index contributed by atoms with van der Waals surface area (Å²) in [7, 11) is 0. The molecule has 0 saturated carbocycles. The van der Waals surface area contributed by atoms with Crippen LogP contribution in [0.2, 0.25) is 10.0 Å². The zero-order chi connectivity index (χ0) is 16.7. The molecule has 0 aliphatic heterocycles. The fourth-order valence-electron chi connectivity index (χ4n) is 1.70. The Morgan fingerprint density at radius 1 is 1.18 bits per heavy atom. The first-order chi connectivity index (χ1) is 10.1. The third-order valence-electron chi connectivity index (χ3n) is 2.56. The molecule has 0 radical (unpaired) electrons. The van der Waals surface area contributed by atoms with Gasteiger partial charge in [-0.05, 0) is 12.1 Å². The van der Waals surface area contributed by atoms with Crippen molar-refractivity contribution in [3.05, 3.63) is 46.0 Å². The molecule has 0 amide bonds. The number of halogens is 6. The molecular formula is C12H4Cl2F4N2OS. The molecule has 0 saturated heterocycles. The standard InChI is InChI=1S/C12H4Cl2F4N2OS/c13-8-1-7(15)2-9(14)11(8)20-4-6(3-19)10(5-20)22(21)12(16,17)18/h1-2,4-5H. The normalized spacial score (nSPS) is 13.0. The van der Waals surface area contributed by atoms with Crippen LogP contribution in [0, 0.1) is 17.1 Å². The van der Waals surface area contributed by atoms with E-state index >= 15 is 0 Å². The average Bonchev–Trinajstić information content (AvgIpc) is 2.79. The lowest BCUT2D eigenvalue weighted by Crippen LogP contribution is -2.23. The predicted octanol–water partition coefficient (Wildman–Crippen LogP) is 4.42. The van der Waals surface area contributed by atoms with Crippen LogP contribution in [0.5, 0.6) is 0 Å². The Morgan fingerprint density at radius 3 is 2.18 bits per heavy atom. The first kappa shape index (κ1) is 17.0. The van der Waals surface area contributed by atoms with E-state index in [0.717, 1.165) is 29.1 Å².